The Bertz CT molecular complexity index is 676. The van der Waals surface area contributed by atoms with Gasteiger partial charge >= 0.3 is 12.5 Å². The number of halogens is 6. The molecule has 0 aliphatic carbocycles. The Morgan fingerprint density at radius 2 is 1.55 bits per heavy atom. The first-order chi connectivity index (χ1) is 10.1. The van der Waals surface area contributed by atoms with Gasteiger partial charge in [-0.3, -0.25) is 0 Å². The molecular formula is C14H8F6O2. The molecule has 0 saturated carbocycles. The number of rotatable bonds is 2. The van der Waals surface area contributed by atoms with Crippen molar-refractivity contribution >= 4 is 0 Å². The van der Waals surface area contributed by atoms with Crippen LogP contribution in [0.2, 0.25) is 0 Å². The molecule has 2 aromatic carbocycles. The second kappa shape index (κ2) is 5.43. The minimum Gasteiger partial charge on any atom is -0.507 e. The molecule has 8 heteroatoms. The number of phenolic OH excluding ortho intramolecular Hbond substituents is 1. The predicted molar refractivity (Wildman–Crippen MR) is 65.2 cm³/mol. The monoisotopic (exact) mass is 322 g/mol. The van der Waals surface area contributed by atoms with Crippen LogP contribution in [-0.4, -0.2) is 11.5 Å². The number of alkyl halides is 6. The van der Waals surface area contributed by atoms with Crippen LogP contribution in [0.4, 0.5) is 26.3 Å². The van der Waals surface area contributed by atoms with Gasteiger partial charge < -0.3 is 9.84 Å². The molecule has 0 aromatic heterocycles. The largest absolute Gasteiger partial charge is 0.573 e. The van der Waals surface area contributed by atoms with Crippen molar-refractivity contribution in [3.05, 3.63) is 48.0 Å². The smallest absolute Gasteiger partial charge is 0.507 e. The van der Waals surface area contributed by atoms with Gasteiger partial charge in [0.2, 0.25) is 0 Å². The molecule has 1 N–H and O–H groups in total. The average molecular weight is 322 g/mol. The number of hydrogen-bond donors (Lipinski definition) is 1. The third-order valence-corrected chi connectivity index (χ3v) is 2.70. The number of hydrogen-bond acceptors (Lipinski definition) is 2. The van der Waals surface area contributed by atoms with Crippen LogP contribution in [0.1, 0.15) is 5.56 Å². The summed E-state index contributed by atoms with van der Waals surface area (Å²) in [6, 6.07) is 6.71. The lowest BCUT2D eigenvalue weighted by Crippen LogP contribution is -2.17. The zero-order valence-corrected chi connectivity index (χ0v) is 10.7. The molecule has 0 spiro atoms. The van der Waals surface area contributed by atoms with Crippen LogP contribution < -0.4 is 4.74 Å². The first kappa shape index (κ1) is 16.0. The van der Waals surface area contributed by atoms with E-state index in [1.54, 1.807) is 0 Å². The van der Waals surface area contributed by atoms with Gasteiger partial charge in [0.05, 0.1) is 5.56 Å². The molecule has 0 aliphatic heterocycles. The molecule has 2 nitrogen and oxygen atoms in total. The number of ether oxygens (including phenoxy) is 1. The fraction of sp³-hybridized carbons (Fsp3) is 0.143. The standard InChI is InChI=1S/C14H8F6O2/c15-13(16,17)9-3-1-2-8(6-9)11-5-4-10(7-12(11)21)22-14(18,19)20/h1-7,21H. The lowest BCUT2D eigenvalue weighted by Gasteiger charge is -2.12. The van der Waals surface area contributed by atoms with Crippen LogP contribution in [0.5, 0.6) is 11.5 Å². The van der Waals surface area contributed by atoms with Crippen LogP contribution in [0, 0.1) is 0 Å². The highest BCUT2D eigenvalue weighted by Crippen LogP contribution is 2.37. The first-order valence-electron chi connectivity index (χ1n) is 5.83. The second-order valence-corrected chi connectivity index (χ2v) is 4.31. The van der Waals surface area contributed by atoms with Crippen molar-refractivity contribution in [1.29, 1.82) is 0 Å². The van der Waals surface area contributed by atoms with Crippen LogP contribution in [-0.2, 0) is 6.18 Å². The Hall–Kier alpha value is -2.38. The molecule has 0 heterocycles. The average Bonchev–Trinajstić information content (AvgIpc) is 2.36. The van der Waals surface area contributed by atoms with Gasteiger partial charge in [-0.25, -0.2) is 0 Å². The molecule has 0 atom stereocenters. The summed E-state index contributed by atoms with van der Waals surface area (Å²) in [6.45, 7) is 0. The summed E-state index contributed by atoms with van der Waals surface area (Å²) in [5, 5.41) is 9.71. The molecule has 0 fully saturated rings. The maximum absolute atomic E-state index is 12.6. The van der Waals surface area contributed by atoms with E-state index in [1.807, 2.05) is 0 Å². The summed E-state index contributed by atoms with van der Waals surface area (Å²) in [6.07, 6.45) is -9.49. The lowest BCUT2D eigenvalue weighted by atomic mass is 10.0. The summed E-state index contributed by atoms with van der Waals surface area (Å²) < 4.78 is 77.6. The van der Waals surface area contributed by atoms with Crippen molar-refractivity contribution in [1.82, 2.24) is 0 Å². The summed E-state index contributed by atoms with van der Waals surface area (Å²) in [5.41, 5.74) is -0.952. The van der Waals surface area contributed by atoms with E-state index < -0.39 is 29.6 Å². The molecular weight excluding hydrogens is 314 g/mol. The molecule has 2 rings (SSSR count). The van der Waals surface area contributed by atoms with E-state index in [4.69, 9.17) is 0 Å². The summed E-state index contributed by atoms with van der Waals surface area (Å²) in [5.74, 6) is -1.29. The highest BCUT2D eigenvalue weighted by molar-refractivity contribution is 5.71. The maximum Gasteiger partial charge on any atom is 0.573 e. The second-order valence-electron chi connectivity index (χ2n) is 4.31. The zero-order valence-electron chi connectivity index (χ0n) is 10.7. The van der Waals surface area contributed by atoms with Crippen molar-refractivity contribution in [3.8, 4) is 22.6 Å². The van der Waals surface area contributed by atoms with E-state index in [1.165, 1.54) is 6.07 Å². The van der Waals surface area contributed by atoms with Crippen molar-refractivity contribution in [2.75, 3.05) is 0 Å². The van der Waals surface area contributed by atoms with Crippen molar-refractivity contribution in [3.63, 3.8) is 0 Å². The lowest BCUT2D eigenvalue weighted by molar-refractivity contribution is -0.274. The Labute approximate surface area is 120 Å². The minimum atomic E-state index is -4.93. The highest BCUT2D eigenvalue weighted by atomic mass is 19.4. The highest BCUT2D eigenvalue weighted by Gasteiger charge is 2.32. The molecule has 0 saturated heterocycles. The summed E-state index contributed by atoms with van der Waals surface area (Å²) >= 11 is 0. The Kier molecular flexibility index (Phi) is 3.95. The zero-order chi connectivity index (χ0) is 16.5. The predicted octanol–water partition coefficient (Wildman–Crippen LogP) is 4.98. The normalized spacial score (nSPS) is 12.3. The van der Waals surface area contributed by atoms with Crippen molar-refractivity contribution in [2.24, 2.45) is 0 Å². The molecule has 118 valence electrons. The van der Waals surface area contributed by atoms with Gasteiger partial charge in [0.25, 0.3) is 0 Å². The van der Waals surface area contributed by atoms with Crippen LogP contribution in [0.15, 0.2) is 42.5 Å². The van der Waals surface area contributed by atoms with E-state index in [0.29, 0.717) is 6.07 Å². The molecule has 0 bridgehead atoms. The Morgan fingerprint density at radius 3 is 2.09 bits per heavy atom. The molecule has 2 aromatic rings. The van der Waals surface area contributed by atoms with Gasteiger partial charge in [-0.15, -0.1) is 13.2 Å². The van der Waals surface area contributed by atoms with E-state index in [0.717, 1.165) is 30.3 Å². The van der Waals surface area contributed by atoms with E-state index >= 15 is 0 Å². The molecule has 0 radical (unpaired) electrons. The molecule has 0 unspecified atom stereocenters. The van der Waals surface area contributed by atoms with E-state index in [9.17, 15) is 31.4 Å². The number of aromatic hydroxyl groups is 1. The summed E-state index contributed by atoms with van der Waals surface area (Å²) in [7, 11) is 0. The molecule has 22 heavy (non-hydrogen) atoms. The van der Waals surface area contributed by atoms with Gasteiger partial charge in [-0.05, 0) is 29.8 Å². The number of benzene rings is 2. The van der Waals surface area contributed by atoms with E-state index in [-0.39, 0.29) is 11.1 Å². The SMILES string of the molecule is Oc1cc(OC(F)(F)F)ccc1-c1cccc(C(F)(F)F)c1. The van der Waals surface area contributed by atoms with Gasteiger partial charge in [0, 0.05) is 11.6 Å². The maximum atomic E-state index is 12.6. The fourth-order valence-electron chi connectivity index (χ4n) is 1.82. The van der Waals surface area contributed by atoms with Crippen LogP contribution >= 0.6 is 0 Å². The summed E-state index contributed by atoms with van der Waals surface area (Å²) in [4.78, 5) is 0. The van der Waals surface area contributed by atoms with Gasteiger partial charge in [-0.1, -0.05) is 12.1 Å². The fourth-order valence-corrected chi connectivity index (χ4v) is 1.82. The van der Waals surface area contributed by atoms with E-state index in [2.05, 4.69) is 4.74 Å². The Balaban J connectivity index is 2.38. The van der Waals surface area contributed by atoms with Gasteiger partial charge in [0.15, 0.2) is 0 Å². The minimum absolute atomic E-state index is 0.0193. The van der Waals surface area contributed by atoms with Gasteiger partial charge in [-0.2, -0.15) is 13.2 Å². The Morgan fingerprint density at radius 1 is 0.864 bits per heavy atom. The number of phenols is 1. The van der Waals surface area contributed by atoms with Crippen molar-refractivity contribution in [2.45, 2.75) is 12.5 Å². The first-order valence-corrected chi connectivity index (χ1v) is 5.83. The molecule has 0 amide bonds. The third kappa shape index (κ3) is 3.84. The third-order valence-electron chi connectivity index (χ3n) is 2.70. The van der Waals surface area contributed by atoms with Crippen molar-refractivity contribution < 1.29 is 36.2 Å². The molecule has 0 aliphatic rings. The van der Waals surface area contributed by atoms with Crippen LogP contribution in [0.3, 0.4) is 0 Å². The quantitative estimate of drug-likeness (QED) is 0.791. The van der Waals surface area contributed by atoms with Gasteiger partial charge in [0.1, 0.15) is 11.5 Å². The topological polar surface area (TPSA) is 29.5 Å². The van der Waals surface area contributed by atoms with Crippen LogP contribution in [0.25, 0.3) is 11.1 Å².